The van der Waals surface area contributed by atoms with Gasteiger partial charge in [-0.1, -0.05) is 48.5 Å². The molecular formula is C25H20BrN3O2. The van der Waals surface area contributed by atoms with Crippen LogP contribution in [0, 0.1) is 11.3 Å². The van der Waals surface area contributed by atoms with Crippen LogP contribution < -0.4 is 10.1 Å². The average Bonchev–Trinajstić information content (AvgIpc) is 3.05. The second kappa shape index (κ2) is 9.07. The van der Waals surface area contributed by atoms with E-state index in [0.717, 1.165) is 26.5 Å². The van der Waals surface area contributed by atoms with Gasteiger partial charge in [0.05, 0.1) is 17.0 Å². The Morgan fingerprint density at radius 3 is 2.52 bits per heavy atom. The van der Waals surface area contributed by atoms with Gasteiger partial charge in [0.25, 0.3) is 5.91 Å². The van der Waals surface area contributed by atoms with Crippen molar-refractivity contribution in [3.8, 4) is 11.8 Å². The predicted octanol–water partition coefficient (Wildman–Crippen LogP) is 5.84. The molecule has 5 nitrogen and oxygen atoms in total. The third kappa shape index (κ3) is 4.32. The third-order valence-electron chi connectivity index (χ3n) is 5.13. The highest BCUT2D eigenvalue weighted by Gasteiger charge is 2.20. The molecule has 0 saturated carbocycles. The number of fused-ring (bicyclic) bond motifs is 1. The fraction of sp³-hybridized carbons (Fsp3) is 0.120. The van der Waals surface area contributed by atoms with Gasteiger partial charge in [-0.05, 0) is 45.8 Å². The van der Waals surface area contributed by atoms with Gasteiger partial charge in [-0.3, -0.25) is 4.79 Å². The second-order valence-electron chi connectivity index (χ2n) is 7.12. The number of hydrogen-bond donors (Lipinski definition) is 1. The number of hydrogen-bond acceptors (Lipinski definition) is 3. The molecule has 31 heavy (non-hydrogen) atoms. The van der Waals surface area contributed by atoms with Crippen molar-refractivity contribution in [1.82, 2.24) is 4.57 Å². The minimum Gasteiger partial charge on any atom is -0.489 e. The van der Waals surface area contributed by atoms with Gasteiger partial charge < -0.3 is 14.6 Å². The Morgan fingerprint density at radius 2 is 1.77 bits per heavy atom. The van der Waals surface area contributed by atoms with Gasteiger partial charge in [0.15, 0.2) is 0 Å². The fourth-order valence-electron chi connectivity index (χ4n) is 3.50. The molecule has 0 unspecified atom stereocenters. The van der Waals surface area contributed by atoms with Crippen molar-refractivity contribution >= 4 is 38.4 Å². The normalized spacial score (nSPS) is 10.6. The molecule has 0 radical (unpaired) electrons. The summed E-state index contributed by atoms with van der Waals surface area (Å²) in [6.07, 6.45) is 0.374. The van der Waals surface area contributed by atoms with Crippen molar-refractivity contribution in [3.63, 3.8) is 0 Å². The number of rotatable bonds is 6. The van der Waals surface area contributed by atoms with E-state index in [9.17, 15) is 4.79 Å². The highest BCUT2D eigenvalue weighted by atomic mass is 79.9. The van der Waals surface area contributed by atoms with E-state index in [1.807, 2.05) is 84.4 Å². The van der Waals surface area contributed by atoms with Crippen LogP contribution in [0.4, 0.5) is 5.69 Å². The molecule has 6 heteroatoms. The molecule has 1 aromatic heterocycles. The first-order valence-electron chi connectivity index (χ1n) is 9.79. The van der Waals surface area contributed by atoms with E-state index in [0.29, 0.717) is 30.2 Å². The molecule has 1 amide bonds. The molecule has 4 rings (SSSR count). The minimum absolute atomic E-state index is 0.195. The number of nitrogens with one attached hydrogen (secondary N) is 1. The lowest BCUT2D eigenvalue weighted by atomic mass is 10.1. The van der Waals surface area contributed by atoms with E-state index < -0.39 is 0 Å². The lowest BCUT2D eigenvalue weighted by Crippen LogP contribution is -2.17. The molecule has 0 spiro atoms. The van der Waals surface area contributed by atoms with E-state index >= 15 is 0 Å². The number of benzene rings is 3. The van der Waals surface area contributed by atoms with Crippen LogP contribution in [0.1, 0.15) is 21.6 Å². The van der Waals surface area contributed by atoms with Gasteiger partial charge in [-0.2, -0.15) is 5.26 Å². The maximum atomic E-state index is 13.1. The predicted molar refractivity (Wildman–Crippen MR) is 125 cm³/mol. The standard InChI is InChI=1S/C25H20BrN3O2/c1-29-22-9-5-3-7-20(22)23(26)24(29)25(30)28-21-8-4-2-6-18(21)16-31-19-12-10-17(11-13-19)14-15-27/h2-13H,14,16H2,1H3,(H,28,30). The fourth-order valence-corrected chi connectivity index (χ4v) is 4.29. The van der Waals surface area contributed by atoms with Crippen LogP contribution in [0.15, 0.2) is 77.3 Å². The molecule has 4 aromatic rings. The van der Waals surface area contributed by atoms with Gasteiger partial charge in [0.1, 0.15) is 18.1 Å². The zero-order chi connectivity index (χ0) is 21.8. The summed E-state index contributed by atoms with van der Waals surface area (Å²) < 4.78 is 8.56. The summed E-state index contributed by atoms with van der Waals surface area (Å²) in [6, 6.07) is 25.0. The van der Waals surface area contributed by atoms with Crippen LogP contribution in [0.5, 0.6) is 5.75 Å². The number of carbonyl (C=O) groups excluding carboxylic acids is 1. The monoisotopic (exact) mass is 473 g/mol. The zero-order valence-corrected chi connectivity index (χ0v) is 18.5. The first-order chi connectivity index (χ1) is 15.1. The van der Waals surface area contributed by atoms with Crippen molar-refractivity contribution in [1.29, 1.82) is 5.26 Å². The zero-order valence-electron chi connectivity index (χ0n) is 16.9. The average molecular weight is 474 g/mol. The first-order valence-corrected chi connectivity index (χ1v) is 10.6. The summed E-state index contributed by atoms with van der Waals surface area (Å²) in [5.74, 6) is 0.512. The molecule has 3 aromatic carbocycles. The number of amides is 1. The molecule has 0 saturated heterocycles. The van der Waals surface area contributed by atoms with Crippen molar-refractivity contribution in [2.45, 2.75) is 13.0 Å². The summed E-state index contributed by atoms with van der Waals surface area (Å²) in [6.45, 7) is 0.310. The molecule has 0 aliphatic heterocycles. The largest absolute Gasteiger partial charge is 0.489 e. The van der Waals surface area contributed by atoms with Gasteiger partial charge in [0, 0.05) is 29.2 Å². The number of halogens is 1. The van der Waals surface area contributed by atoms with Crippen molar-refractivity contribution in [2.24, 2.45) is 7.05 Å². The number of carbonyl (C=O) groups is 1. The first kappa shape index (κ1) is 20.7. The van der Waals surface area contributed by atoms with Crippen molar-refractivity contribution < 1.29 is 9.53 Å². The number of para-hydroxylation sites is 2. The van der Waals surface area contributed by atoms with E-state index in [1.165, 1.54) is 0 Å². The maximum Gasteiger partial charge on any atom is 0.273 e. The van der Waals surface area contributed by atoms with Gasteiger partial charge in [-0.25, -0.2) is 0 Å². The maximum absolute atomic E-state index is 13.1. The number of nitrogens with zero attached hydrogens (tertiary/aromatic N) is 2. The lowest BCUT2D eigenvalue weighted by Gasteiger charge is -2.13. The quantitative estimate of drug-likeness (QED) is 0.382. The third-order valence-corrected chi connectivity index (χ3v) is 5.93. The van der Waals surface area contributed by atoms with Crippen LogP contribution in [-0.2, 0) is 20.1 Å². The molecule has 154 valence electrons. The van der Waals surface area contributed by atoms with Crippen LogP contribution in [0.2, 0.25) is 0 Å². The molecule has 1 heterocycles. The highest BCUT2D eigenvalue weighted by molar-refractivity contribution is 9.10. The molecule has 0 aliphatic carbocycles. The molecule has 0 aliphatic rings. The molecule has 0 fully saturated rings. The van der Waals surface area contributed by atoms with Crippen molar-refractivity contribution in [2.75, 3.05) is 5.32 Å². The van der Waals surface area contributed by atoms with Crippen molar-refractivity contribution in [3.05, 3.63) is 94.1 Å². The molecule has 0 bridgehead atoms. The summed E-state index contributed by atoms with van der Waals surface area (Å²) in [4.78, 5) is 13.1. The Balaban J connectivity index is 1.53. The van der Waals surface area contributed by atoms with Crippen LogP contribution in [-0.4, -0.2) is 10.5 Å². The second-order valence-corrected chi connectivity index (χ2v) is 7.91. The summed E-state index contributed by atoms with van der Waals surface area (Å²) >= 11 is 3.59. The lowest BCUT2D eigenvalue weighted by molar-refractivity contribution is 0.101. The molecule has 1 N–H and O–H groups in total. The number of anilines is 1. The Morgan fingerprint density at radius 1 is 1.06 bits per heavy atom. The molecular weight excluding hydrogens is 454 g/mol. The van der Waals surface area contributed by atoms with Crippen LogP contribution in [0.25, 0.3) is 10.9 Å². The molecule has 0 atom stereocenters. The van der Waals surface area contributed by atoms with E-state index in [2.05, 4.69) is 27.3 Å². The minimum atomic E-state index is -0.195. The number of aryl methyl sites for hydroxylation is 1. The van der Waals surface area contributed by atoms with Crippen LogP contribution in [0.3, 0.4) is 0 Å². The Hall–Kier alpha value is -3.56. The summed E-state index contributed by atoms with van der Waals surface area (Å²) in [5, 5.41) is 12.8. The van der Waals surface area contributed by atoms with E-state index in [1.54, 1.807) is 0 Å². The summed E-state index contributed by atoms with van der Waals surface area (Å²) in [5.41, 5.74) is 4.06. The number of ether oxygens (including phenoxy) is 1. The summed E-state index contributed by atoms with van der Waals surface area (Å²) in [7, 11) is 1.88. The Labute approximate surface area is 189 Å². The smallest absolute Gasteiger partial charge is 0.273 e. The van der Waals surface area contributed by atoms with Gasteiger partial charge in [-0.15, -0.1) is 0 Å². The SMILES string of the molecule is Cn1c(C(=O)Nc2ccccc2COc2ccc(CC#N)cc2)c(Br)c2ccccc21. The van der Waals surface area contributed by atoms with E-state index in [4.69, 9.17) is 10.00 Å². The Bertz CT molecular complexity index is 1250. The Kier molecular flexibility index (Phi) is 6.06. The topological polar surface area (TPSA) is 67.1 Å². The van der Waals surface area contributed by atoms with Crippen LogP contribution >= 0.6 is 15.9 Å². The highest BCUT2D eigenvalue weighted by Crippen LogP contribution is 2.31. The number of aromatic nitrogens is 1. The number of nitriles is 1. The van der Waals surface area contributed by atoms with E-state index in [-0.39, 0.29) is 5.91 Å². The van der Waals surface area contributed by atoms with Gasteiger partial charge in [0.2, 0.25) is 0 Å². The van der Waals surface area contributed by atoms with Gasteiger partial charge >= 0.3 is 0 Å².